The summed E-state index contributed by atoms with van der Waals surface area (Å²) in [5, 5.41) is 10.7. The molecule has 0 amide bonds. The van der Waals surface area contributed by atoms with E-state index in [0.717, 1.165) is 5.39 Å². The number of carbonyl (C=O) groups is 1. The van der Waals surface area contributed by atoms with Crippen molar-refractivity contribution < 1.29 is 19.0 Å². The second-order valence-corrected chi connectivity index (χ2v) is 8.41. The molecule has 0 bridgehead atoms. The molecule has 0 unspecified atom stereocenters. The SMILES string of the molecule is CCOc1ccc2nc(Cl)c([C@H]3C(C#N)=C(N)OC(C)=C3C(=O)OC(C)(C)C)cc2c1. The highest BCUT2D eigenvalue weighted by Crippen LogP contribution is 2.43. The number of esters is 1. The molecule has 0 radical (unpaired) electrons. The lowest BCUT2D eigenvalue weighted by molar-refractivity contribution is -0.150. The Balaban J connectivity index is 2.22. The highest BCUT2D eigenvalue weighted by molar-refractivity contribution is 6.30. The van der Waals surface area contributed by atoms with Crippen LogP contribution in [0.2, 0.25) is 5.15 Å². The summed E-state index contributed by atoms with van der Waals surface area (Å²) in [6, 6.07) is 9.26. The molecule has 3 rings (SSSR count). The van der Waals surface area contributed by atoms with Gasteiger partial charge in [0.05, 0.1) is 23.6 Å². The molecule has 1 aromatic heterocycles. The monoisotopic (exact) mass is 441 g/mol. The minimum absolute atomic E-state index is 0.0653. The quantitative estimate of drug-likeness (QED) is 0.540. The zero-order chi connectivity index (χ0) is 22.9. The second-order valence-electron chi connectivity index (χ2n) is 8.05. The van der Waals surface area contributed by atoms with Crippen molar-refractivity contribution in [3.63, 3.8) is 0 Å². The number of nitrogens with two attached hydrogens (primary N) is 1. The molecule has 0 saturated carbocycles. The average molecular weight is 442 g/mol. The first-order valence-corrected chi connectivity index (χ1v) is 10.2. The van der Waals surface area contributed by atoms with Crippen LogP contribution in [-0.4, -0.2) is 23.2 Å². The van der Waals surface area contributed by atoms with E-state index < -0.39 is 17.5 Å². The topological polar surface area (TPSA) is 107 Å². The van der Waals surface area contributed by atoms with Crippen LogP contribution in [0.15, 0.2) is 47.1 Å². The van der Waals surface area contributed by atoms with Gasteiger partial charge in [0.25, 0.3) is 0 Å². The fourth-order valence-electron chi connectivity index (χ4n) is 3.40. The van der Waals surface area contributed by atoms with E-state index >= 15 is 0 Å². The first-order valence-electron chi connectivity index (χ1n) is 9.80. The minimum atomic E-state index is -0.881. The number of aromatic nitrogens is 1. The maximum atomic E-state index is 13.1. The Morgan fingerprint density at radius 1 is 1.35 bits per heavy atom. The van der Waals surface area contributed by atoms with Gasteiger partial charge in [-0.25, -0.2) is 9.78 Å². The summed E-state index contributed by atoms with van der Waals surface area (Å²) in [7, 11) is 0. The number of carbonyl (C=O) groups excluding carboxylic acids is 1. The van der Waals surface area contributed by atoms with E-state index in [9.17, 15) is 10.1 Å². The van der Waals surface area contributed by atoms with Crippen LogP contribution in [-0.2, 0) is 14.3 Å². The van der Waals surface area contributed by atoms with Gasteiger partial charge in [0.1, 0.15) is 33.9 Å². The molecule has 2 heterocycles. The lowest BCUT2D eigenvalue weighted by Gasteiger charge is -2.29. The van der Waals surface area contributed by atoms with Gasteiger partial charge in [-0.2, -0.15) is 5.26 Å². The van der Waals surface area contributed by atoms with Gasteiger partial charge < -0.3 is 19.9 Å². The molecule has 7 nitrogen and oxygen atoms in total. The van der Waals surface area contributed by atoms with Crippen LogP contribution in [0.25, 0.3) is 10.9 Å². The number of hydrogen-bond donors (Lipinski definition) is 1. The third-order valence-corrected chi connectivity index (χ3v) is 4.92. The first-order chi connectivity index (χ1) is 14.6. The molecular formula is C23H24ClN3O4. The summed E-state index contributed by atoms with van der Waals surface area (Å²) in [5.41, 5.74) is 6.57. The average Bonchev–Trinajstić information content (AvgIpc) is 2.66. The van der Waals surface area contributed by atoms with Crippen molar-refractivity contribution >= 4 is 28.5 Å². The van der Waals surface area contributed by atoms with Crippen molar-refractivity contribution in [3.8, 4) is 11.8 Å². The van der Waals surface area contributed by atoms with Gasteiger partial charge in [-0.3, -0.25) is 0 Å². The molecule has 0 aliphatic carbocycles. The number of fused-ring (bicyclic) bond motifs is 1. The van der Waals surface area contributed by atoms with E-state index in [1.807, 2.05) is 13.0 Å². The smallest absolute Gasteiger partial charge is 0.338 e. The fourth-order valence-corrected chi connectivity index (χ4v) is 3.65. The van der Waals surface area contributed by atoms with Crippen LogP contribution in [0.3, 0.4) is 0 Å². The number of nitrogens with zero attached hydrogens (tertiary/aromatic N) is 2. The molecule has 0 fully saturated rings. The molecular weight excluding hydrogens is 418 g/mol. The van der Waals surface area contributed by atoms with E-state index in [4.69, 9.17) is 31.5 Å². The van der Waals surface area contributed by atoms with E-state index in [-0.39, 0.29) is 27.9 Å². The number of allylic oxidation sites excluding steroid dienone is 2. The van der Waals surface area contributed by atoms with Crippen molar-refractivity contribution in [2.24, 2.45) is 5.73 Å². The number of hydrogen-bond acceptors (Lipinski definition) is 7. The van der Waals surface area contributed by atoms with Gasteiger partial charge in [-0.15, -0.1) is 0 Å². The Kier molecular flexibility index (Phi) is 6.14. The predicted molar refractivity (Wildman–Crippen MR) is 117 cm³/mol. The van der Waals surface area contributed by atoms with E-state index in [1.165, 1.54) is 0 Å². The molecule has 162 valence electrons. The number of ether oxygens (including phenoxy) is 3. The maximum absolute atomic E-state index is 13.1. The van der Waals surface area contributed by atoms with Crippen LogP contribution in [0, 0.1) is 11.3 Å². The first kappa shape index (κ1) is 22.4. The molecule has 0 saturated heterocycles. The van der Waals surface area contributed by atoms with Crippen LogP contribution in [0.1, 0.15) is 46.1 Å². The molecule has 8 heteroatoms. The molecule has 1 aromatic carbocycles. The Morgan fingerprint density at radius 2 is 2.06 bits per heavy atom. The summed E-state index contributed by atoms with van der Waals surface area (Å²) in [4.78, 5) is 17.5. The Hall–Kier alpha value is -3.24. The van der Waals surface area contributed by atoms with E-state index in [2.05, 4.69) is 11.1 Å². The summed E-state index contributed by atoms with van der Waals surface area (Å²) in [5.74, 6) is -0.665. The third kappa shape index (κ3) is 4.59. The largest absolute Gasteiger partial charge is 0.494 e. The lowest BCUT2D eigenvalue weighted by atomic mass is 9.83. The Bertz CT molecular complexity index is 1160. The van der Waals surface area contributed by atoms with Crippen molar-refractivity contribution in [1.29, 1.82) is 5.26 Å². The number of rotatable bonds is 4. The van der Waals surface area contributed by atoms with Crippen LogP contribution in [0.5, 0.6) is 5.75 Å². The lowest BCUT2D eigenvalue weighted by Crippen LogP contribution is -2.30. The van der Waals surface area contributed by atoms with Gasteiger partial charge in [-0.05, 0) is 58.9 Å². The van der Waals surface area contributed by atoms with Crippen LogP contribution < -0.4 is 10.5 Å². The minimum Gasteiger partial charge on any atom is -0.494 e. The fraction of sp³-hybridized carbons (Fsp3) is 0.348. The molecule has 1 atom stereocenters. The van der Waals surface area contributed by atoms with Crippen molar-refractivity contribution in [1.82, 2.24) is 4.98 Å². The van der Waals surface area contributed by atoms with Crippen LogP contribution >= 0.6 is 11.6 Å². The molecule has 1 aliphatic heterocycles. The predicted octanol–water partition coefficient (Wildman–Crippen LogP) is 4.71. The molecule has 0 spiro atoms. The zero-order valence-electron chi connectivity index (χ0n) is 18.1. The van der Waals surface area contributed by atoms with Crippen molar-refractivity contribution in [2.45, 2.75) is 46.1 Å². The zero-order valence-corrected chi connectivity index (χ0v) is 18.8. The molecule has 2 N–H and O–H groups in total. The number of halogens is 1. The summed E-state index contributed by atoms with van der Waals surface area (Å²) < 4.78 is 16.6. The summed E-state index contributed by atoms with van der Waals surface area (Å²) in [6.07, 6.45) is 0. The normalized spacial score (nSPS) is 16.7. The summed E-state index contributed by atoms with van der Waals surface area (Å²) in [6.45, 7) is 9.29. The van der Waals surface area contributed by atoms with Gasteiger partial charge in [-0.1, -0.05) is 11.6 Å². The van der Waals surface area contributed by atoms with Gasteiger partial charge in [0, 0.05) is 10.9 Å². The van der Waals surface area contributed by atoms with Crippen molar-refractivity contribution in [3.05, 3.63) is 57.8 Å². The number of benzene rings is 1. The van der Waals surface area contributed by atoms with Gasteiger partial charge in [0.15, 0.2) is 0 Å². The van der Waals surface area contributed by atoms with Crippen LogP contribution in [0.4, 0.5) is 0 Å². The summed E-state index contributed by atoms with van der Waals surface area (Å²) >= 11 is 6.53. The van der Waals surface area contributed by atoms with Gasteiger partial charge >= 0.3 is 5.97 Å². The second kappa shape index (κ2) is 8.48. The van der Waals surface area contributed by atoms with Crippen molar-refractivity contribution in [2.75, 3.05) is 6.61 Å². The molecule has 2 aromatic rings. The highest BCUT2D eigenvalue weighted by atomic mass is 35.5. The Morgan fingerprint density at radius 3 is 2.68 bits per heavy atom. The third-order valence-electron chi connectivity index (χ3n) is 4.61. The number of nitriles is 1. The molecule has 31 heavy (non-hydrogen) atoms. The molecule has 1 aliphatic rings. The van der Waals surface area contributed by atoms with Gasteiger partial charge in [0.2, 0.25) is 5.88 Å². The maximum Gasteiger partial charge on any atom is 0.338 e. The number of pyridine rings is 1. The highest BCUT2D eigenvalue weighted by Gasteiger charge is 2.39. The Labute approximate surface area is 186 Å². The van der Waals surface area contributed by atoms with E-state index in [0.29, 0.717) is 23.4 Å². The standard InChI is InChI=1S/C23H24ClN3O4/c1-6-29-14-7-8-17-13(9-14)10-15(20(24)27-17)19-16(11-25)21(26)30-12(2)18(19)22(28)31-23(3,4)5/h7-10,19H,6,26H2,1-5H3/t19-/m0/s1. The van der Waals surface area contributed by atoms with E-state index in [1.54, 1.807) is 45.9 Å².